The van der Waals surface area contributed by atoms with E-state index in [0.29, 0.717) is 6.42 Å². The molecule has 1 fully saturated rings. The van der Waals surface area contributed by atoms with Crippen LogP contribution in [0.3, 0.4) is 0 Å². The fraction of sp³-hybridized carbons (Fsp3) is 0.562. The van der Waals surface area contributed by atoms with Crippen LogP contribution in [-0.4, -0.2) is 36.3 Å². The number of hydrogen-bond donors (Lipinski definition) is 3. The molecule has 0 saturated heterocycles. The number of aliphatic hydroxyl groups excluding tert-OH is 1. The van der Waals surface area contributed by atoms with Gasteiger partial charge in [0, 0.05) is 24.6 Å². The Hall–Kier alpha value is -1.73. The van der Waals surface area contributed by atoms with Crippen LogP contribution in [-0.2, 0) is 4.79 Å². The molecule has 4 N–H and O–H groups in total. The van der Waals surface area contributed by atoms with E-state index in [1.54, 1.807) is 0 Å². The molecule has 23 heavy (non-hydrogen) atoms. The van der Waals surface area contributed by atoms with Gasteiger partial charge in [0.2, 0.25) is 5.91 Å². The standard InChI is InChI=1S/C16H22F2N2O3/c17-14-5-4-13(7-15(14)18)23-9-12(21)8-20-16(22)10-2-1-3-11(19)6-10/h4-5,7,10-12,21H,1-3,6,8-9,19H2,(H,20,22). The quantitative estimate of drug-likeness (QED) is 0.736. The summed E-state index contributed by atoms with van der Waals surface area (Å²) in [6, 6.07) is 3.18. The lowest BCUT2D eigenvalue weighted by Gasteiger charge is -2.26. The molecule has 0 spiro atoms. The van der Waals surface area contributed by atoms with Crippen molar-refractivity contribution >= 4 is 5.91 Å². The summed E-state index contributed by atoms with van der Waals surface area (Å²) in [7, 11) is 0. The second kappa shape index (κ2) is 8.21. The molecule has 0 aromatic heterocycles. The molecule has 3 unspecified atom stereocenters. The van der Waals surface area contributed by atoms with Gasteiger partial charge in [-0.15, -0.1) is 0 Å². The van der Waals surface area contributed by atoms with Crippen molar-refractivity contribution in [3.63, 3.8) is 0 Å². The second-order valence-corrected chi connectivity index (χ2v) is 5.91. The first kappa shape index (κ1) is 17.6. The molecule has 1 amide bonds. The molecule has 1 aliphatic carbocycles. The Bertz CT molecular complexity index is 542. The number of nitrogens with two attached hydrogens (primary N) is 1. The maximum Gasteiger partial charge on any atom is 0.223 e. The number of ether oxygens (including phenoxy) is 1. The van der Waals surface area contributed by atoms with Gasteiger partial charge in [-0.1, -0.05) is 6.42 Å². The van der Waals surface area contributed by atoms with Gasteiger partial charge < -0.3 is 20.9 Å². The molecule has 3 atom stereocenters. The molecule has 0 bridgehead atoms. The molecule has 1 aromatic rings. The van der Waals surface area contributed by atoms with E-state index in [0.717, 1.165) is 31.4 Å². The Morgan fingerprint density at radius 2 is 2.17 bits per heavy atom. The van der Waals surface area contributed by atoms with Gasteiger partial charge in [-0.05, 0) is 31.4 Å². The smallest absolute Gasteiger partial charge is 0.223 e. The van der Waals surface area contributed by atoms with Gasteiger partial charge >= 0.3 is 0 Å². The van der Waals surface area contributed by atoms with E-state index in [4.69, 9.17) is 10.5 Å². The molecule has 2 rings (SSSR count). The Kier molecular flexibility index (Phi) is 6.29. The minimum Gasteiger partial charge on any atom is -0.491 e. The van der Waals surface area contributed by atoms with Gasteiger partial charge in [0.05, 0.1) is 0 Å². The minimum atomic E-state index is -1.01. The Labute approximate surface area is 133 Å². The summed E-state index contributed by atoms with van der Waals surface area (Å²) in [6.45, 7) is -0.0935. The summed E-state index contributed by atoms with van der Waals surface area (Å²) in [6.07, 6.45) is 2.40. The zero-order valence-electron chi connectivity index (χ0n) is 12.8. The molecular weight excluding hydrogens is 306 g/mol. The van der Waals surface area contributed by atoms with E-state index in [-0.39, 0.29) is 36.8 Å². The van der Waals surface area contributed by atoms with Crippen LogP contribution in [0.25, 0.3) is 0 Å². The summed E-state index contributed by atoms with van der Waals surface area (Å²) in [5.41, 5.74) is 5.85. The molecule has 0 aliphatic heterocycles. The molecule has 5 nitrogen and oxygen atoms in total. The average molecular weight is 328 g/mol. The third-order valence-corrected chi connectivity index (χ3v) is 3.93. The van der Waals surface area contributed by atoms with Crippen molar-refractivity contribution in [2.24, 2.45) is 11.7 Å². The predicted molar refractivity (Wildman–Crippen MR) is 80.8 cm³/mol. The van der Waals surface area contributed by atoms with Gasteiger partial charge in [-0.2, -0.15) is 0 Å². The van der Waals surface area contributed by atoms with E-state index < -0.39 is 17.7 Å². The maximum atomic E-state index is 13.0. The predicted octanol–water partition coefficient (Wildman–Crippen LogP) is 1.34. The van der Waals surface area contributed by atoms with Crippen LogP contribution in [0.1, 0.15) is 25.7 Å². The van der Waals surface area contributed by atoms with Gasteiger partial charge in [0.15, 0.2) is 11.6 Å². The summed E-state index contributed by atoms with van der Waals surface area (Å²) in [5, 5.41) is 12.5. The fourth-order valence-corrected chi connectivity index (χ4v) is 2.65. The van der Waals surface area contributed by atoms with Crippen molar-refractivity contribution in [1.82, 2.24) is 5.32 Å². The van der Waals surface area contributed by atoms with E-state index in [1.165, 1.54) is 6.07 Å². The van der Waals surface area contributed by atoms with Crippen LogP contribution in [0.15, 0.2) is 18.2 Å². The van der Waals surface area contributed by atoms with Gasteiger partial charge in [-0.25, -0.2) is 8.78 Å². The summed E-state index contributed by atoms with van der Waals surface area (Å²) in [5.74, 6) is -2.09. The zero-order chi connectivity index (χ0) is 16.8. The highest BCUT2D eigenvalue weighted by atomic mass is 19.2. The highest BCUT2D eigenvalue weighted by molar-refractivity contribution is 5.78. The number of benzene rings is 1. The van der Waals surface area contributed by atoms with Crippen molar-refractivity contribution in [2.75, 3.05) is 13.2 Å². The number of amides is 1. The van der Waals surface area contributed by atoms with Crippen LogP contribution >= 0.6 is 0 Å². The number of carbonyl (C=O) groups is 1. The zero-order valence-corrected chi connectivity index (χ0v) is 12.8. The lowest BCUT2D eigenvalue weighted by molar-refractivity contribution is -0.126. The van der Waals surface area contributed by atoms with Crippen LogP contribution in [0.5, 0.6) is 5.75 Å². The van der Waals surface area contributed by atoms with Crippen LogP contribution in [0, 0.1) is 17.6 Å². The number of carbonyl (C=O) groups excluding carboxylic acids is 1. The van der Waals surface area contributed by atoms with E-state index in [2.05, 4.69) is 5.32 Å². The Morgan fingerprint density at radius 1 is 1.39 bits per heavy atom. The minimum absolute atomic E-state index is 0.0360. The number of nitrogens with one attached hydrogen (secondary N) is 1. The molecule has 0 heterocycles. The van der Waals surface area contributed by atoms with Crippen molar-refractivity contribution < 1.29 is 23.4 Å². The van der Waals surface area contributed by atoms with Crippen LogP contribution < -0.4 is 15.8 Å². The monoisotopic (exact) mass is 328 g/mol. The molecular formula is C16H22F2N2O3. The van der Waals surface area contributed by atoms with Crippen molar-refractivity contribution in [3.8, 4) is 5.75 Å². The third-order valence-electron chi connectivity index (χ3n) is 3.93. The second-order valence-electron chi connectivity index (χ2n) is 5.91. The van der Waals surface area contributed by atoms with E-state index in [9.17, 15) is 18.7 Å². The van der Waals surface area contributed by atoms with E-state index >= 15 is 0 Å². The lowest BCUT2D eigenvalue weighted by Crippen LogP contribution is -2.41. The first-order valence-corrected chi connectivity index (χ1v) is 7.75. The topological polar surface area (TPSA) is 84.6 Å². The SMILES string of the molecule is NC1CCCC(C(=O)NCC(O)COc2ccc(F)c(F)c2)C1. The number of hydrogen-bond acceptors (Lipinski definition) is 4. The van der Waals surface area contributed by atoms with Gasteiger partial charge in [0.1, 0.15) is 18.5 Å². The maximum absolute atomic E-state index is 13.0. The molecule has 1 aliphatic rings. The molecule has 1 aromatic carbocycles. The Balaban J connectivity index is 1.71. The van der Waals surface area contributed by atoms with Crippen molar-refractivity contribution in [3.05, 3.63) is 29.8 Å². The largest absolute Gasteiger partial charge is 0.491 e. The number of aliphatic hydroxyl groups is 1. The Morgan fingerprint density at radius 3 is 2.87 bits per heavy atom. The van der Waals surface area contributed by atoms with E-state index in [1.807, 2.05) is 0 Å². The molecule has 128 valence electrons. The molecule has 7 heteroatoms. The molecule has 1 saturated carbocycles. The van der Waals surface area contributed by atoms with Gasteiger partial charge in [-0.3, -0.25) is 4.79 Å². The number of halogens is 2. The van der Waals surface area contributed by atoms with Crippen molar-refractivity contribution in [1.29, 1.82) is 0 Å². The summed E-state index contributed by atoms with van der Waals surface area (Å²) in [4.78, 5) is 12.0. The highest BCUT2D eigenvalue weighted by Gasteiger charge is 2.25. The average Bonchev–Trinajstić information content (AvgIpc) is 2.53. The van der Waals surface area contributed by atoms with Crippen LogP contribution in [0.2, 0.25) is 0 Å². The highest BCUT2D eigenvalue weighted by Crippen LogP contribution is 2.23. The normalized spacial score (nSPS) is 22.4. The summed E-state index contributed by atoms with van der Waals surface area (Å²) < 4.78 is 31.0. The first-order valence-electron chi connectivity index (χ1n) is 7.75. The summed E-state index contributed by atoms with van der Waals surface area (Å²) >= 11 is 0. The van der Waals surface area contributed by atoms with Crippen molar-refractivity contribution in [2.45, 2.75) is 37.8 Å². The number of rotatable bonds is 6. The first-order chi connectivity index (χ1) is 11.0. The van der Waals surface area contributed by atoms with Crippen LogP contribution in [0.4, 0.5) is 8.78 Å². The molecule has 0 radical (unpaired) electrons. The van der Waals surface area contributed by atoms with Gasteiger partial charge in [0.25, 0.3) is 0 Å². The third kappa shape index (κ3) is 5.44. The fourth-order valence-electron chi connectivity index (χ4n) is 2.65. The lowest BCUT2D eigenvalue weighted by atomic mass is 9.85.